The molecule has 0 radical (unpaired) electrons. The summed E-state index contributed by atoms with van der Waals surface area (Å²) in [5.41, 5.74) is 2.31. The fourth-order valence-corrected chi connectivity index (χ4v) is 9.16. The molecular formula is C59H72O12S. The first-order valence-corrected chi connectivity index (χ1v) is 26.0. The van der Waals surface area contributed by atoms with E-state index in [1.165, 1.54) is 11.8 Å². The van der Waals surface area contributed by atoms with Crippen molar-refractivity contribution in [1.82, 2.24) is 0 Å². The number of rotatable bonds is 23. The van der Waals surface area contributed by atoms with Gasteiger partial charge in [-0.2, -0.15) is 0 Å². The van der Waals surface area contributed by atoms with Crippen LogP contribution in [0.15, 0.2) is 152 Å². The van der Waals surface area contributed by atoms with E-state index < -0.39 is 83.3 Å². The normalized spacial score (nSPS) is 24.6. The molecule has 2 aliphatic rings. The van der Waals surface area contributed by atoms with E-state index in [4.69, 9.17) is 47.4 Å². The number of hydrogen-bond acceptors (Lipinski definition) is 13. The van der Waals surface area contributed by atoms with Crippen LogP contribution >= 0.6 is 11.8 Å². The van der Waals surface area contributed by atoms with E-state index >= 15 is 0 Å². The van der Waals surface area contributed by atoms with E-state index in [1.807, 2.05) is 179 Å². The molecule has 4 unspecified atom stereocenters. The van der Waals surface area contributed by atoms with Crippen LogP contribution < -0.4 is 0 Å². The van der Waals surface area contributed by atoms with Crippen LogP contribution in [0.3, 0.4) is 0 Å². The second kappa shape index (κ2) is 26.9. The van der Waals surface area contributed by atoms with Gasteiger partial charge in [-0.05, 0) is 75.1 Å². The van der Waals surface area contributed by atoms with E-state index in [0.717, 1.165) is 27.8 Å². The van der Waals surface area contributed by atoms with Crippen LogP contribution in [0, 0.1) is 10.8 Å². The van der Waals surface area contributed by atoms with Crippen LogP contribution in [0.25, 0.3) is 0 Å². The predicted octanol–water partition coefficient (Wildman–Crippen LogP) is 10.7. The number of benzene rings is 5. The molecule has 2 heterocycles. The van der Waals surface area contributed by atoms with Crippen molar-refractivity contribution in [2.45, 2.75) is 142 Å². The summed E-state index contributed by atoms with van der Waals surface area (Å²) in [6.07, 6.45) is -8.14. The highest BCUT2D eigenvalue weighted by Gasteiger charge is 2.54. The largest absolute Gasteiger partial charge is 0.455 e. The Morgan fingerprint density at radius 2 is 0.778 bits per heavy atom. The Bertz CT molecular complexity index is 2350. The molecule has 7 rings (SSSR count). The van der Waals surface area contributed by atoms with Crippen LogP contribution in [0.4, 0.5) is 0 Å². The minimum absolute atomic E-state index is 0.0908. The van der Waals surface area contributed by atoms with Gasteiger partial charge in [-0.3, -0.25) is 9.59 Å². The SMILES string of the molecule is CCS[C@@H]1OC(CO[C@@H]2OC(COCc3ccccc3)[C@H](OCc3ccccc3)[C@H](OCc3ccccc3)C2OC(=O)C(C)(C)C)[C@H](OCc2ccccc2)[C@H](OCc2ccccc2)C1OC(=O)C(C)(C)C. The summed E-state index contributed by atoms with van der Waals surface area (Å²) in [6, 6.07) is 49.2. The van der Waals surface area contributed by atoms with Gasteiger partial charge in [0.25, 0.3) is 0 Å². The van der Waals surface area contributed by atoms with E-state index in [2.05, 4.69) is 0 Å². The first-order valence-electron chi connectivity index (χ1n) is 25.0. The average Bonchev–Trinajstić information content (AvgIpc) is 3.38. The molecule has 0 saturated carbocycles. The minimum Gasteiger partial charge on any atom is -0.455 e. The molecule has 386 valence electrons. The Balaban J connectivity index is 1.26. The summed E-state index contributed by atoms with van der Waals surface area (Å²) in [6.45, 7) is 14.0. The Morgan fingerprint density at radius 1 is 0.431 bits per heavy atom. The fraction of sp³-hybridized carbons (Fsp3) is 0.458. The van der Waals surface area contributed by atoms with Gasteiger partial charge in [-0.15, -0.1) is 11.8 Å². The van der Waals surface area contributed by atoms with Crippen molar-refractivity contribution in [3.05, 3.63) is 179 Å². The number of esters is 2. The molecule has 0 N–H and O–H groups in total. The molecular weight excluding hydrogens is 933 g/mol. The maximum atomic E-state index is 14.2. The lowest BCUT2D eigenvalue weighted by Gasteiger charge is -2.48. The van der Waals surface area contributed by atoms with E-state index in [-0.39, 0.29) is 39.6 Å². The molecule has 13 heteroatoms. The standard InChI is InChI=1S/C59H72O12S/c1-8-72-55-53(71-57(61)59(5,6)7)51(66-38-45-32-22-13-23-33-45)49(64-36-43-28-18-11-19-29-43)47(69-55)40-67-54-52(70-56(60)58(2,3)4)50(65-37-44-30-20-12-21-31-44)48(63-35-42-26-16-10-17-27-42)46(68-54)39-62-34-41-24-14-9-15-25-41/h9-33,46-55H,8,34-40H2,1-7H3/t46?,47?,48-,49-,50-,51-,52?,53?,54+,55-/m0/s1. The third-order valence-corrected chi connectivity index (χ3v) is 13.2. The Kier molecular flexibility index (Phi) is 20.5. The zero-order valence-corrected chi connectivity index (χ0v) is 43.5. The topological polar surface area (TPSA) is 126 Å². The molecule has 0 bridgehead atoms. The second-order valence-electron chi connectivity index (χ2n) is 20.2. The fourth-order valence-electron chi connectivity index (χ4n) is 8.22. The number of ether oxygens (including phenoxy) is 10. The van der Waals surface area contributed by atoms with Gasteiger partial charge < -0.3 is 47.4 Å². The number of hydrogen-bond donors (Lipinski definition) is 0. The Labute approximate surface area is 430 Å². The van der Waals surface area contributed by atoms with Gasteiger partial charge in [0.05, 0.1) is 57.1 Å². The second-order valence-corrected chi connectivity index (χ2v) is 21.5. The Morgan fingerprint density at radius 3 is 1.17 bits per heavy atom. The Hall–Kier alpha value is -4.93. The highest BCUT2D eigenvalue weighted by Crippen LogP contribution is 2.38. The quantitative estimate of drug-likeness (QED) is 0.0577. The zero-order valence-electron chi connectivity index (χ0n) is 42.7. The first kappa shape index (κ1) is 54.8. The molecule has 2 saturated heterocycles. The molecule has 0 aromatic heterocycles. The first-order chi connectivity index (χ1) is 34.8. The molecule has 12 nitrogen and oxygen atoms in total. The van der Waals surface area contributed by atoms with Crippen molar-refractivity contribution in [3.8, 4) is 0 Å². The molecule has 0 aliphatic carbocycles. The lowest BCUT2D eigenvalue weighted by Crippen LogP contribution is -2.64. The number of carbonyl (C=O) groups is 2. The lowest BCUT2D eigenvalue weighted by molar-refractivity contribution is -0.331. The van der Waals surface area contributed by atoms with Gasteiger partial charge in [0.2, 0.25) is 0 Å². The summed E-state index contributed by atoms with van der Waals surface area (Å²) in [4.78, 5) is 28.0. The van der Waals surface area contributed by atoms with Gasteiger partial charge in [0.15, 0.2) is 18.5 Å². The van der Waals surface area contributed by atoms with Crippen LogP contribution in [0.5, 0.6) is 0 Å². The minimum atomic E-state index is -1.21. The van der Waals surface area contributed by atoms with Crippen molar-refractivity contribution in [3.63, 3.8) is 0 Å². The van der Waals surface area contributed by atoms with Crippen LogP contribution in [-0.2, 0) is 90.0 Å². The monoisotopic (exact) mass is 1000 g/mol. The molecule has 10 atom stereocenters. The van der Waals surface area contributed by atoms with Gasteiger partial charge in [0.1, 0.15) is 42.1 Å². The van der Waals surface area contributed by atoms with Crippen LogP contribution in [0.2, 0.25) is 0 Å². The third kappa shape index (κ3) is 16.0. The van der Waals surface area contributed by atoms with Crippen molar-refractivity contribution in [1.29, 1.82) is 0 Å². The van der Waals surface area contributed by atoms with E-state index in [0.29, 0.717) is 12.4 Å². The maximum Gasteiger partial charge on any atom is 0.311 e. The highest BCUT2D eigenvalue weighted by atomic mass is 32.2. The third-order valence-electron chi connectivity index (χ3n) is 12.2. The van der Waals surface area contributed by atoms with Crippen LogP contribution in [0.1, 0.15) is 76.3 Å². The number of thioether (sulfide) groups is 1. The summed E-state index contributed by atoms with van der Waals surface area (Å²) in [7, 11) is 0. The highest BCUT2D eigenvalue weighted by molar-refractivity contribution is 7.99. The van der Waals surface area contributed by atoms with Gasteiger partial charge in [0, 0.05) is 0 Å². The van der Waals surface area contributed by atoms with Gasteiger partial charge in [-0.25, -0.2) is 0 Å². The zero-order chi connectivity index (χ0) is 50.9. The molecule has 5 aromatic rings. The van der Waals surface area contributed by atoms with E-state index in [1.54, 1.807) is 20.8 Å². The molecule has 0 amide bonds. The number of carbonyl (C=O) groups excluding carboxylic acids is 2. The molecule has 2 aliphatic heterocycles. The van der Waals surface area contributed by atoms with Crippen molar-refractivity contribution in [2.75, 3.05) is 19.0 Å². The molecule has 72 heavy (non-hydrogen) atoms. The maximum absolute atomic E-state index is 14.2. The summed E-state index contributed by atoms with van der Waals surface area (Å²) >= 11 is 1.50. The van der Waals surface area contributed by atoms with Crippen molar-refractivity contribution < 1.29 is 57.0 Å². The molecule has 5 aromatic carbocycles. The van der Waals surface area contributed by atoms with E-state index in [9.17, 15) is 9.59 Å². The predicted molar refractivity (Wildman–Crippen MR) is 276 cm³/mol. The van der Waals surface area contributed by atoms with Crippen molar-refractivity contribution >= 4 is 23.7 Å². The summed E-state index contributed by atoms with van der Waals surface area (Å²) in [5.74, 6) is -0.226. The smallest absolute Gasteiger partial charge is 0.311 e. The van der Waals surface area contributed by atoms with Gasteiger partial charge >= 0.3 is 11.9 Å². The van der Waals surface area contributed by atoms with Crippen molar-refractivity contribution in [2.24, 2.45) is 10.8 Å². The average molecular weight is 1010 g/mol. The summed E-state index contributed by atoms with van der Waals surface area (Å²) < 4.78 is 67.7. The van der Waals surface area contributed by atoms with Crippen LogP contribution in [-0.4, -0.2) is 91.5 Å². The van der Waals surface area contributed by atoms with Gasteiger partial charge in [-0.1, -0.05) is 159 Å². The molecule has 0 spiro atoms. The summed E-state index contributed by atoms with van der Waals surface area (Å²) in [5, 5.41) is 0. The lowest BCUT2D eigenvalue weighted by atomic mass is 9.95. The molecule has 2 fully saturated rings.